The van der Waals surface area contributed by atoms with Crippen LogP contribution >= 0.6 is 0 Å². The lowest BCUT2D eigenvalue weighted by Crippen LogP contribution is -2.50. The molecular weight excluding hydrogens is 300 g/mol. The van der Waals surface area contributed by atoms with E-state index in [-0.39, 0.29) is 0 Å². The van der Waals surface area contributed by atoms with Gasteiger partial charge in [0.2, 0.25) is 0 Å². The first-order valence-corrected chi connectivity index (χ1v) is 10.0. The van der Waals surface area contributed by atoms with Gasteiger partial charge in [0.15, 0.2) is 5.96 Å². The van der Waals surface area contributed by atoms with E-state index in [2.05, 4.69) is 34.0 Å². The highest BCUT2D eigenvalue weighted by molar-refractivity contribution is 5.80. The lowest BCUT2D eigenvalue weighted by molar-refractivity contribution is 0.0765. The molecule has 0 radical (unpaired) electrons. The molecule has 4 saturated heterocycles. The molecule has 136 valence electrons. The maximum Gasteiger partial charge on any atom is 0.193 e. The van der Waals surface area contributed by atoms with Crippen LogP contribution in [0.15, 0.2) is 4.99 Å². The van der Waals surface area contributed by atoms with Gasteiger partial charge < -0.3 is 15.0 Å². The van der Waals surface area contributed by atoms with E-state index >= 15 is 0 Å². The molecule has 2 bridgehead atoms. The fourth-order valence-electron chi connectivity index (χ4n) is 5.60. The van der Waals surface area contributed by atoms with Crippen molar-refractivity contribution in [1.29, 1.82) is 0 Å². The second-order valence-corrected chi connectivity index (χ2v) is 8.38. The Balaban J connectivity index is 1.31. The Morgan fingerprint density at radius 3 is 2.50 bits per heavy atom. The molecule has 0 aromatic heterocycles. The summed E-state index contributed by atoms with van der Waals surface area (Å²) in [4.78, 5) is 9.72. The molecule has 0 aromatic rings. The summed E-state index contributed by atoms with van der Waals surface area (Å²) in [5, 5.41) is 3.66. The zero-order valence-electron chi connectivity index (χ0n) is 15.6. The normalized spacial score (nSPS) is 40.9. The van der Waals surface area contributed by atoms with Gasteiger partial charge in [0.1, 0.15) is 0 Å². The summed E-state index contributed by atoms with van der Waals surface area (Å²) in [6.07, 6.45) is 7.68. The predicted molar refractivity (Wildman–Crippen MR) is 97.3 cm³/mol. The number of hydrogen-bond donors (Lipinski definition) is 1. The van der Waals surface area contributed by atoms with Crippen LogP contribution in [-0.4, -0.2) is 73.3 Å². The monoisotopic (exact) mass is 334 g/mol. The first-order valence-electron chi connectivity index (χ1n) is 10.0. The van der Waals surface area contributed by atoms with Gasteiger partial charge in [-0.15, -0.1) is 0 Å². The van der Waals surface area contributed by atoms with E-state index in [0.717, 1.165) is 43.5 Å². The Kier molecular flexibility index (Phi) is 4.74. The molecule has 24 heavy (non-hydrogen) atoms. The van der Waals surface area contributed by atoms with Crippen molar-refractivity contribution in [3.05, 3.63) is 0 Å². The van der Waals surface area contributed by atoms with Crippen LogP contribution < -0.4 is 5.32 Å². The van der Waals surface area contributed by atoms with Crippen LogP contribution in [-0.2, 0) is 4.74 Å². The predicted octanol–water partition coefficient (Wildman–Crippen LogP) is 1.93. The van der Waals surface area contributed by atoms with Gasteiger partial charge in [0.05, 0.1) is 12.2 Å². The molecule has 0 saturated carbocycles. The summed E-state index contributed by atoms with van der Waals surface area (Å²) < 4.78 is 6.10. The van der Waals surface area contributed by atoms with Gasteiger partial charge in [-0.25, -0.2) is 0 Å². The van der Waals surface area contributed by atoms with E-state index in [1.807, 2.05) is 7.05 Å². The maximum atomic E-state index is 6.10. The summed E-state index contributed by atoms with van der Waals surface area (Å²) in [6.45, 7) is 9.22. The molecule has 4 aliphatic rings. The third kappa shape index (κ3) is 2.94. The summed E-state index contributed by atoms with van der Waals surface area (Å²) in [7, 11) is 1.93. The fraction of sp³-hybridized carbons (Fsp3) is 0.947. The lowest BCUT2D eigenvalue weighted by Gasteiger charge is -2.38. The van der Waals surface area contributed by atoms with Gasteiger partial charge >= 0.3 is 0 Å². The van der Waals surface area contributed by atoms with Crippen molar-refractivity contribution in [1.82, 2.24) is 15.1 Å². The van der Waals surface area contributed by atoms with Crippen LogP contribution in [0, 0.1) is 11.8 Å². The Hall–Kier alpha value is -0.810. The smallest absolute Gasteiger partial charge is 0.193 e. The van der Waals surface area contributed by atoms with Crippen molar-refractivity contribution < 1.29 is 4.74 Å². The second-order valence-electron chi connectivity index (χ2n) is 8.38. The average Bonchev–Trinajstić information content (AvgIpc) is 3.28. The molecule has 4 aliphatic heterocycles. The number of piperidine rings is 1. The molecule has 1 N–H and O–H groups in total. The lowest BCUT2D eigenvalue weighted by atomic mass is 9.82. The van der Waals surface area contributed by atoms with Crippen LogP contribution in [0.2, 0.25) is 0 Å². The molecule has 4 fully saturated rings. The minimum atomic E-state index is 0.524. The maximum absolute atomic E-state index is 6.10. The van der Waals surface area contributed by atoms with Crippen LogP contribution in [0.3, 0.4) is 0 Å². The van der Waals surface area contributed by atoms with Gasteiger partial charge in [-0.05, 0) is 46.1 Å². The van der Waals surface area contributed by atoms with Crippen molar-refractivity contribution in [2.24, 2.45) is 16.8 Å². The van der Waals surface area contributed by atoms with E-state index in [4.69, 9.17) is 4.74 Å². The highest BCUT2D eigenvalue weighted by Crippen LogP contribution is 2.47. The van der Waals surface area contributed by atoms with E-state index in [9.17, 15) is 0 Å². The minimum absolute atomic E-state index is 0.524. The Morgan fingerprint density at radius 1 is 1.17 bits per heavy atom. The van der Waals surface area contributed by atoms with Gasteiger partial charge in [0.25, 0.3) is 0 Å². The number of ether oxygens (including phenoxy) is 1. The van der Waals surface area contributed by atoms with E-state index in [1.165, 1.54) is 38.6 Å². The highest BCUT2D eigenvalue weighted by atomic mass is 16.5. The molecule has 5 heteroatoms. The van der Waals surface area contributed by atoms with Crippen molar-refractivity contribution in [3.63, 3.8) is 0 Å². The topological polar surface area (TPSA) is 40.1 Å². The number of nitrogens with zero attached hydrogens (tertiary/aromatic N) is 3. The second kappa shape index (κ2) is 6.83. The van der Waals surface area contributed by atoms with E-state index in [1.54, 1.807) is 0 Å². The molecule has 4 rings (SSSR count). The number of rotatable bonds is 3. The minimum Gasteiger partial charge on any atom is -0.374 e. The van der Waals surface area contributed by atoms with Crippen molar-refractivity contribution in [3.8, 4) is 0 Å². The van der Waals surface area contributed by atoms with E-state index < -0.39 is 0 Å². The number of hydrogen-bond acceptors (Lipinski definition) is 3. The van der Waals surface area contributed by atoms with Gasteiger partial charge in [-0.2, -0.15) is 0 Å². The van der Waals surface area contributed by atoms with Crippen molar-refractivity contribution >= 4 is 5.96 Å². The average molecular weight is 335 g/mol. The summed E-state index contributed by atoms with van der Waals surface area (Å²) in [5.41, 5.74) is 0. The van der Waals surface area contributed by atoms with Crippen molar-refractivity contribution in [2.45, 2.75) is 70.2 Å². The molecular formula is C19H34N4O. The number of nitrogens with one attached hydrogen (secondary N) is 1. The number of likely N-dealkylation sites (tertiary alicyclic amines) is 2. The fourth-order valence-corrected chi connectivity index (χ4v) is 5.60. The standard InChI is InChI=1S/C19H34N4O/c1-13-6-4-5-9-23(13)14(2)10-21-19(20-3)22-11-15-16(12-22)18-8-7-17(15)24-18/h13-18H,4-12H2,1-3H3,(H,20,21). The molecule has 6 atom stereocenters. The van der Waals surface area contributed by atoms with E-state index in [0.29, 0.717) is 18.2 Å². The number of fused-ring (bicyclic) bond motifs is 5. The molecule has 0 aromatic carbocycles. The zero-order chi connectivity index (χ0) is 16.7. The zero-order valence-corrected chi connectivity index (χ0v) is 15.6. The number of guanidine groups is 1. The van der Waals surface area contributed by atoms with Crippen LogP contribution in [0.4, 0.5) is 0 Å². The van der Waals surface area contributed by atoms with Gasteiger partial charge in [-0.1, -0.05) is 6.42 Å². The Labute approximate surface area is 146 Å². The molecule has 0 aliphatic carbocycles. The van der Waals surface area contributed by atoms with Gasteiger partial charge in [-0.3, -0.25) is 9.89 Å². The molecule has 4 heterocycles. The third-order valence-corrected chi connectivity index (χ3v) is 6.94. The Bertz CT molecular complexity index is 464. The first-order chi connectivity index (χ1) is 11.7. The quantitative estimate of drug-likeness (QED) is 0.632. The SMILES string of the molecule is CN=C(NCC(C)N1CCCCC1C)N1CC2C3CCC(O3)C2C1. The Morgan fingerprint density at radius 2 is 1.88 bits per heavy atom. The first kappa shape index (κ1) is 16.6. The van der Waals surface area contributed by atoms with Gasteiger partial charge in [0, 0.05) is 50.6 Å². The number of aliphatic imine (C=N–C) groups is 1. The molecule has 0 spiro atoms. The van der Waals surface area contributed by atoms with Crippen molar-refractivity contribution in [2.75, 3.05) is 33.2 Å². The molecule has 0 amide bonds. The third-order valence-electron chi connectivity index (χ3n) is 6.94. The van der Waals surface area contributed by atoms with Crippen LogP contribution in [0.5, 0.6) is 0 Å². The molecule has 6 unspecified atom stereocenters. The summed E-state index contributed by atoms with van der Waals surface area (Å²) in [5.74, 6) is 2.57. The largest absolute Gasteiger partial charge is 0.374 e. The van der Waals surface area contributed by atoms with Crippen LogP contribution in [0.25, 0.3) is 0 Å². The summed E-state index contributed by atoms with van der Waals surface area (Å²) in [6, 6.07) is 1.29. The summed E-state index contributed by atoms with van der Waals surface area (Å²) >= 11 is 0. The van der Waals surface area contributed by atoms with Crippen LogP contribution in [0.1, 0.15) is 46.0 Å². The molecule has 5 nitrogen and oxygen atoms in total. The highest BCUT2D eigenvalue weighted by Gasteiger charge is 2.53.